The Morgan fingerprint density at radius 2 is 1.94 bits per heavy atom. The van der Waals surface area contributed by atoms with Crippen molar-refractivity contribution in [3.63, 3.8) is 0 Å². The normalized spacial score (nSPS) is 13.2. The van der Waals surface area contributed by atoms with Crippen molar-refractivity contribution in [2.45, 2.75) is 71.2 Å². The van der Waals surface area contributed by atoms with Crippen LogP contribution in [-0.4, -0.2) is 14.8 Å². The number of halogens is 1. The molecule has 4 heteroatoms. The van der Waals surface area contributed by atoms with Crippen LogP contribution >= 0.6 is 15.9 Å². The van der Waals surface area contributed by atoms with Gasteiger partial charge in [-0.3, -0.25) is 0 Å². The van der Waals surface area contributed by atoms with Crippen LogP contribution < -0.4 is 0 Å². The van der Waals surface area contributed by atoms with E-state index in [-0.39, 0.29) is 0 Å². The molecule has 3 nitrogen and oxygen atoms in total. The molecule has 0 aromatic carbocycles. The average molecular weight is 316 g/mol. The van der Waals surface area contributed by atoms with Gasteiger partial charge in [-0.2, -0.15) is 0 Å². The fraction of sp³-hybridized carbons (Fsp3) is 0.857. The molecular formula is C14H26BrN3. The summed E-state index contributed by atoms with van der Waals surface area (Å²) in [7, 11) is 0. The molecule has 1 rings (SSSR count). The SMILES string of the molecule is CCCCC(CC)c1nnc(CBr)n1CC(C)C. The fourth-order valence-corrected chi connectivity index (χ4v) is 2.70. The summed E-state index contributed by atoms with van der Waals surface area (Å²) in [6, 6.07) is 0. The molecule has 0 radical (unpaired) electrons. The van der Waals surface area contributed by atoms with Crippen LogP contribution in [0.2, 0.25) is 0 Å². The molecule has 0 fully saturated rings. The van der Waals surface area contributed by atoms with Crippen molar-refractivity contribution < 1.29 is 0 Å². The number of rotatable bonds is 8. The van der Waals surface area contributed by atoms with Crippen molar-refractivity contribution in [2.24, 2.45) is 5.92 Å². The fourth-order valence-electron chi connectivity index (χ4n) is 2.28. The standard InChI is InChI=1S/C14H26BrN3/c1-5-7-8-12(6-2)14-17-16-13(9-15)18(14)10-11(3)4/h11-12H,5-10H2,1-4H3. The Hall–Kier alpha value is -0.380. The van der Waals surface area contributed by atoms with Gasteiger partial charge < -0.3 is 4.57 Å². The largest absolute Gasteiger partial charge is 0.314 e. The van der Waals surface area contributed by atoms with E-state index in [1.54, 1.807) is 0 Å². The molecule has 0 saturated carbocycles. The van der Waals surface area contributed by atoms with E-state index < -0.39 is 0 Å². The number of unbranched alkanes of at least 4 members (excludes halogenated alkanes) is 1. The Balaban J connectivity index is 2.94. The molecule has 0 spiro atoms. The Morgan fingerprint density at radius 3 is 2.44 bits per heavy atom. The van der Waals surface area contributed by atoms with Gasteiger partial charge in [0.15, 0.2) is 0 Å². The second-order valence-electron chi connectivity index (χ2n) is 5.36. The van der Waals surface area contributed by atoms with Crippen molar-refractivity contribution in [3.8, 4) is 0 Å². The third-order valence-electron chi connectivity index (χ3n) is 3.29. The first-order valence-electron chi connectivity index (χ1n) is 7.11. The minimum absolute atomic E-state index is 0.559. The van der Waals surface area contributed by atoms with Gasteiger partial charge in [0.2, 0.25) is 0 Å². The number of alkyl halides is 1. The van der Waals surface area contributed by atoms with Gasteiger partial charge in [-0.1, -0.05) is 56.5 Å². The lowest BCUT2D eigenvalue weighted by atomic mass is 9.98. The summed E-state index contributed by atoms with van der Waals surface area (Å²) in [5.74, 6) is 3.44. The van der Waals surface area contributed by atoms with E-state index >= 15 is 0 Å². The topological polar surface area (TPSA) is 30.7 Å². The van der Waals surface area contributed by atoms with Gasteiger partial charge in [-0.15, -0.1) is 10.2 Å². The van der Waals surface area contributed by atoms with E-state index in [2.05, 4.69) is 58.4 Å². The van der Waals surface area contributed by atoms with Crippen LogP contribution in [0.4, 0.5) is 0 Å². The van der Waals surface area contributed by atoms with Crippen molar-refractivity contribution >= 4 is 15.9 Å². The van der Waals surface area contributed by atoms with E-state index in [0.29, 0.717) is 11.8 Å². The molecule has 1 unspecified atom stereocenters. The maximum absolute atomic E-state index is 4.45. The van der Waals surface area contributed by atoms with Gasteiger partial charge in [-0.05, 0) is 18.8 Å². The zero-order valence-corrected chi connectivity index (χ0v) is 13.7. The third-order valence-corrected chi connectivity index (χ3v) is 3.79. The van der Waals surface area contributed by atoms with Crippen LogP contribution in [0, 0.1) is 5.92 Å². The van der Waals surface area contributed by atoms with Crippen LogP contribution in [0.5, 0.6) is 0 Å². The first-order valence-corrected chi connectivity index (χ1v) is 8.24. The van der Waals surface area contributed by atoms with E-state index in [1.807, 2.05) is 0 Å². The van der Waals surface area contributed by atoms with E-state index in [1.165, 1.54) is 25.1 Å². The van der Waals surface area contributed by atoms with Crippen molar-refractivity contribution in [2.75, 3.05) is 0 Å². The summed E-state index contributed by atoms with van der Waals surface area (Å²) in [4.78, 5) is 0. The molecule has 1 aromatic rings. The summed E-state index contributed by atoms with van der Waals surface area (Å²) in [6.07, 6.45) is 4.90. The first-order chi connectivity index (χ1) is 8.63. The molecule has 0 aliphatic rings. The van der Waals surface area contributed by atoms with Gasteiger partial charge in [0.25, 0.3) is 0 Å². The van der Waals surface area contributed by atoms with Gasteiger partial charge in [0, 0.05) is 12.5 Å². The predicted molar refractivity (Wildman–Crippen MR) is 80.0 cm³/mol. The van der Waals surface area contributed by atoms with Crippen LogP contribution in [0.3, 0.4) is 0 Å². The molecule has 0 N–H and O–H groups in total. The Labute approximate surface area is 120 Å². The number of nitrogens with zero attached hydrogens (tertiary/aromatic N) is 3. The summed E-state index contributed by atoms with van der Waals surface area (Å²) in [5, 5.41) is 9.57. The molecule has 0 bridgehead atoms. The zero-order chi connectivity index (χ0) is 13.5. The lowest BCUT2D eigenvalue weighted by Gasteiger charge is -2.18. The van der Waals surface area contributed by atoms with Gasteiger partial charge in [0.05, 0.1) is 5.33 Å². The lowest BCUT2D eigenvalue weighted by Crippen LogP contribution is -2.14. The highest BCUT2D eigenvalue weighted by molar-refractivity contribution is 9.08. The minimum Gasteiger partial charge on any atom is -0.314 e. The van der Waals surface area contributed by atoms with E-state index in [0.717, 1.165) is 24.1 Å². The molecule has 1 aromatic heterocycles. The second-order valence-corrected chi connectivity index (χ2v) is 5.92. The molecule has 18 heavy (non-hydrogen) atoms. The summed E-state index contributed by atoms with van der Waals surface area (Å²) in [5.41, 5.74) is 0. The molecular weight excluding hydrogens is 290 g/mol. The van der Waals surface area contributed by atoms with Crippen LogP contribution in [0.15, 0.2) is 0 Å². The quantitative estimate of drug-likeness (QED) is 0.661. The Bertz CT molecular complexity index is 347. The van der Waals surface area contributed by atoms with Crippen LogP contribution in [0.25, 0.3) is 0 Å². The van der Waals surface area contributed by atoms with Gasteiger partial charge in [0.1, 0.15) is 11.6 Å². The average Bonchev–Trinajstić information content (AvgIpc) is 2.73. The summed E-state index contributed by atoms with van der Waals surface area (Å²) in [6.45, 7) is 10.0. The molecule has 1 heterocycles. The highest BCUT2D eigenvalue weighted by atomic mass is 79.9. The van der Waals surface area contributed by atoms with Crippen LogP contribution in [-0.2, 0) is 11.9 Å². The molecule has 1 atom stereocenters. The molecule has 0 amide bonds. The Kier molecular flexibility index (Phi) is 6.90. The predicted octanol–water partition coefficient (Wildman–Crippen LogP) is 4.51. The van der Waals surface area contributed by atoms with Crippen molar-refractivity contribution in [1.82, 2.24) is 14.8 Å². The van der Waals surface area contributed by atoms with E-state index in [4.69, 9.17) is 0 Å². The molecule has 0 aliphatic heterocycles. The molecule has 0 saturated heterocycles. The van der Waals surface area contributed by atoms with Gasteiger partial charge in [-0.25, -0.2) is 0 Å². The van der Waals surface area contributed by atoms with Crippen molar-refractivity contribution in [1.29, 1.82) is 0 Å². The number of hydrogen-bond donors (Lipinski definition) is 0. The maximum Gasteiger partial charge on any atom is 0.143 e. The molecule has 104 valence electrons. The molecule has 0 aliphatic carbocycles. The number of hydrogen-bond acceptors (Lipinski definition) is 2. The minimum atomic E-state index is 0.559. The Morgan fingerprint density at radius 1 is 1.22 bits per heavy atom. The monoisotopic (exact) mass is 315 g/mol. The van der Waals surface area contributed by atoms with Gasteiger partial charge >= 0.3 is 0 Å². The number of aromatic nitrogens is 3. The maximum atomic E-state index is 4.45. The summed E-state index contributed by atoms with van der Waals surface area (Å²) >= 11 is 3.51. The summed E-state index contributed by atoms with van der Waals surface area (Å²) < 4.78 is 2.32. The first kappa shape index (κ1) is 15.7. The smallest absolute Gasteiger partial charge is 0.143 e. The second kappa shape index (κ2) is 7.93. The van der Waals surface area contributed by atoms with Crippen molar-refractivity contribution in [3.05, 3.63) is 11.6 Å². The lowest BCUT2D eigenvalue weighted by molar-refractivity contribution is 0.458. The zero-order valence-electron chi connectivity index (χ0n) is 12.1. The highest BCUT2D eigenvalue weighted by Gasteiger charge is 2.19. The van der Waals surface area contributed by atoms with Crippen LogP contribution in [0.1, 0.15) is 70.9 Å². The third kappa shape index (κ3) is 4.08. The highest BCUT2D eigenvalue weighted by Crippen LogP contribution is 2.25. The van der Waals surface area contributed by atoms with E-state index in [9.17, 15) is 0 Å².